The molecule has 0 saturated carbocycles. The Bertz CT molecular complexity index is 799. The summed E-state index contributed by atoms with van der Waals surface area (Å²) in [5.41, 5.74) is 3.39. The van der Waals surface area contributed by atoms with Gasteiger partial charge in [0.05, 0.1) is 5.39 Å². The lowest BCUT2D eigenvalue weighted by atomic mass is 9.85. The fourth-order valence-corrected chi connectivity index (χ4v) is 3.07. The Kier molecular flexibility index (Phi) is 3.37. The van der Waals surface area contributed by atoms with Gasteiger partial charge in [0.1, 0.15) is 5.58 Å². The van der Waals surface area contributed by atoms with Gasteiger partial charge in [-0.05, 0) is 49.3 Å². The molecule has 1 aromatic carbocycles. The summed E-state index contributed by atoms with van der Waals surface area (Å²) in [5.74, 6) is -1.54. The van der Waals surface area contributed by atoms with Crippen LogP contribution in [0.15, 0.2) is 34.0 Å². The molecular formula is C17H16O4. The average molecular weight is 284 g/mol. The highest BCUT2D eigenvalue weighted by Gasteiger charge is 2.20. The van der Waals surface area contributed by atoms with Crippen molar-refractivity contribution in [2.75, 3.05) is 0 Å². The summed E-state index contributed by atoms with van der Waals surface area (Å²) in [6, 6.07) is 2.92. The third-order valence-corrected chi connectivity index (χ3v) is 4.01. The molecule has 1 N–H and O–H groups in total. The van der Waals surface area contributed by atoms with Crippen LogP contribution in [0.3, 0.4) is 0 Å². The number of aryl methyl sites for hydroxylation is 1. The third-order valence-electron chi connectivity index (χ3n) is 4.01. The lowest BCUT2D eigenvalue weighted by Gasteiger charge is -2.20. The molecule has 1 aliphatic carbocycles. The lowest BCUT2D eigenvalue weighted by Crippen LogP contribution is -2.12. The van der Waals surface area contributed by atoms with Crippen molar-refractivity contribution >= 4 is 16.9 Å². The second-order valence-corrected chi connectivity index (χ2v) is 5.35. The first kappa shape index (κ1) is 13.6. The van der Waals surface area contributed by atoms with Gasteiger partial charge in [-0.25, -0.2) is 4.79 Å². The monoisotopic (exact) mass is 284 g/mol. The van der Waals surface area contributed by atoms with Crippen molar-refractivity contribution in [2.24, 2.45) is 0 Å². The predicted molar refractivity (Wildman–Crippen MR) is 80.0 cm³/mol. The molecule has 4 nitrogen and oxygen atoms in total. The summed E-state index contributed by atoms with van der Waals surface area (Å²) in [4.78, 5) is 23.3. The first-order valence-electron chi connectivity index (χ1n) is 7.07. The SMILES string of the molecule is C=CCc1c2c(cc3c(=O)cc(C(=O)O)oc13)CCCC2. The highest BCUT2D eigenvalue weighted by molar-refractivity contribution is 5.89. The van der Waals surface area contributed by atoms with Crippen LogP contribution in [-0.2, 0) is 19.3 Å². The van der Waals surface area contributed by atoms with Gasteiger partial charge < -0.3 is 9.52 Å². The van der Waals surface area contributed by atoms with Gasteiger partial charge in [-0.1, -0.05) is 6.08 Å². The number of carboxylic acids is 1. The van der Waals surface area contributed by atoms with Crippen LogP contribution >= 0.6 is 0 Å². The minimum Gasteiger partial charge on any atom is -0.475 e. The second-order valence-electron chi connectivity index (χ2n) is 5.35. The zero-order valence-electron chi connectivity index (χ0n) is 11.6. The topological polar surface area (TPSA) is 67.5 Å². The van der Waals surface area contributed by atoms with E-state index in [9.17, 15) is 9.59 Å². The predicted octanol–water partition coefficient (Wildman–Crippen LogP) is 3.10. The molecule has 0 radical (unpaired) electrons. The number of fused-ring (bicyclic) bond motifs is 2. The highest BCUT2D eigenvalue weighted by Crippen LogP contribution is 2.31. The number of aromatic carboxylic acids is 1. The van der Waals surface area contributed by atoms with Crippen molar-refractivity contribution in [3.63, 3.8) is 0 Å². The van der Waals surface area contributed by atoms with E-state index in [1.54, 1.807) is 6.08 Å². The third kappa shape index (κ3) is 2.27. The van der Waals surface area contributed by atoms with Crippen LogP contribution in [0.25, 0.3) is 11.0 Å². The smallest absolute Gasteiger partial charge is 0.371 e. The van der Waals surface area contributed by atoms with E-state index in [-0.39, 0.29) is 11.2 Å². The molecule has 0 fully saturated rings. The van der Waals surface area contributed by atoms with Gasteiger partial charge in [0.2, 0.25) is 5.76 Å². The normalized spacial score (nSPS) is 13.9. The van der Waals surface area contributed by atoms with Crippen molar-refractivity contribution in [2.45, 2.75) is 32.1 Å². The fourth-order valence-electron chi connectivity index (χ4n) is 3.07. The summed E-state index contributed by atoms with van der Waals surface area (Å²) < 4.78 is 5.51. The van der Waals surface area contributed by atoms with Crippen LogP contribution in [0.1, 0.15) is 40.1 Å². The Morgan fingerprint density at radius 2 is 2.10 bits per heavy atom. The van der Waals surface area contributed by atoms with Gasteiger partial charge in [-0.3, -0.25) is 4.79 Å². The number of benzene rings is 1. The van der Waals surface area contributed by atoms with Crippen molar-refractivity contribution in [1.29, 1.82) is 0 Å². The minimum atomic E-state index is -1.23. The highest BCUT2D eigenvalue weighted by atomic mass is 16.4. The van der Waals surface area contributed by atoms with E-state index in [0.717, 1.165) is 37.3 Å². The second kappa shape index (κ2) is 5.20. The zero-order valence-corrected chi connectivity index (χ0v) is 11.6. The fraction of sp³-hybridized carbons (Fsp3) is 0.294. The zero-order chi connectivity index (χ0) is 15.0. The van der Waals surface area contributed by atoms with Crippen LogP contribution in [0, 0.1) is 0 Å². The van der Waals surface area contributed by atoms with Crippen LogP contribution < -0.4 is 5.43 Å². The van der Waals surface area contributed by atoms with Gasteiger partial charge in [0.15, 0.2) is 5.43 Å². The van der Waals surface area contributed by atoms with Crippen molar-refractivity contribution in [1.82, 2.24) is 0 Å². The molecule has 2 aromatic rings. The molecule has 0 unspecified atom stereocenters. The minimum absolute atomic E-state index is 0.299. The Hall–Kier alpha value is -2.36. The molecule has 21 heavy (non-hydrogen) atoms. The summed E-state index contributed by atoms with van der Waals surface area (Å²) >= 11 is 0. The summed E-state index contributed by atoms with van der Waals surface area (Å²) in [7, 11) is 0. The maximum absolute atomic E-state index is 12.2. The van der Waals surface area contributed by atoms with Gasteiger partial charge >= 0.3 is 5.97 Å². The van der Waals surface area contributed by atoms with Crippen molar-refractivity contribution in [3.8, 4) is 0 Å². The van der Waals surface area contributed by atoms with Gasteiger partial charge in [0.25, 0.3) is 0 Å². The Balaban J connectivity index is 2.40. The maximum Gasteiger partial charge on any atom is 0.371 e. The maximum atomic E-state index is 12.2. The summed E-state index contributed by atoms with van der Waals surface area (Å²) in [5, 5.41) is 9.55. The largest absolute Gasteiger partial charge is 0.475 e. The standard InChI is InChI=1S/C17H16O4/c1-2-5-12-11-7-4-3-6-10(11)8-13-14(18)9-15(17(19)20)21-16(12)13/h2,8-9H,1,3-7H2,(H,19,20). The number of hydrogen-bond donors (Lipinski definition) is 1. The molecule has 0 spiro atoms. The van der Waals surface area contributed by atoms with Crippen molar-refractivity contribution in [3.05, 3.63) is 57.5 Å². The van der Waals surface area contributed by atoms with Crippen LogP contribution in [0.4, 0.5) is 0 Å². The number of hydrogen-bond acceptors (Lipinski definition) is 3. The van der Waals surface area contributed by atoms with Gasteiger partial charge in [-0.15, -0.1) is 6.58 Å². The van der Waals surface area contributed by atoms with Gasteiger partial charge in [-0.2, -0.15) is 0 Å². The number of allylic oxidation sites excluding steroid dienone is 1. The first-order chi connectivity index (χ1) is 10.1. The van der Waals surface area contributed by atoms with E-state index >= 15 is 0 Å². The molecule has 1 aliphatic rings. The average Bonchev–Trinajstić information content (AvgIpc) is 2.47. The van der Waals surface area contributed by atoms with Gasteiger partial charge in [0, 0.05) is 11.6 Å². The van der Waals surface area contributed by atoms with E-state index < -0.39 is 5.97 Å². The lowest BCUT2D eigenvalue weighted by molar-refractivity contribution is 0.0663. The number of carbonyl (C=O) groups is 1. The molecular weight excluding hydrogens is 268 g/mol. The molecule has 3 rings (SSSR count). The number of rotatable bonds is 3. The van der Waals surface area contributed by atoms with Crippen LogP contribution in [-0.4, -0.2) is 11.1 Å². The molecule has 0 atom stereocenters. The Labute approximate surface area is 121 Å². The van der Waals surface area contributed by atoms with E-state index in [1.807, 2.05) is 6.07 Å². The van der Waals surface area contributed by atoms with E-state index in [4.69, 9.17) is 9.52 Å². The first-order valence-corrected chi connectivity index (χ1v) is 7.07. The van der Waals surface area contributed by atoms with Crippen molar-refractivity contribution < 1.29 is 14.3 Å². The molecule has 108 valence electrons. The molecule has 0 bridgehead atoms. The molecule has 1 heterocycles. The molecule has 4 heteroatoms. The Morgan fingerprint density at radius 3 is 2.81 bits per heavy atom. The molecule has 0 amide bonds. The van der Waals surface area contributed by atoms with E-state index in [1.165, 1.54) is 11.1 Å². The summed E-state index contributed by atoms with van der Waals surface area (Å²) in [6.07, 6.45) is 6.45. The molecule has 0 aliphatic heterocycles. The summed E-state index contributed by atoms with van der Waals surface area (Å²) in [6.45, 7) is 3.76. The quantitative estimate of drug-likeness (QED) is 0.879. The molecule has 1 aromatic heterocycles. The van der Waals surface area contributed by atoms with E-state index in [2.05, 4.69) is 6.58 Å². The number of carboxylic acid groups (broad SMARTS) is 1. The molecule has 0 saturated heterocycles. The van der Waals surface area contributed by atoms with Crippen LogP contribution in [0.5, 0.6) is 0 Å². The van der Waals surface area contributed by atoms with Crippen LogP contribution in [0.2, 0.25) is 0 Å². The Morgan fingerprint density at radius 1 is 1.33 bits per heavy atom. The van der Waals surface area contributed by atoms with E-state index in [0.29, 0.717) is 17.4 Å².